The first-order valence-electron chi connectivity index (χ1n) is 7.38. The van der Waals surface area contributed by atoms with Crippen LogP contribution in [0.2, 0.25) is 0 Å². The van der Waals surface area contributed by atoms with Crippen molar-refractivity contribution < 1.29 is 4.42 Å². The minimum Gasteiger partial charge on any atom is -0.438 e. The topological polar surface area (TPSA) is 55.1 Å². The van der Waals surface area contributed by atoms with Gasteiger partial charge >= 0.3 is 0 Å². The molecule has 0 aliphatic carbocycles. The molecule has 0 atom stereocenters. The van der Waals surface area contributed by atoms with Gasteiger partial charge < -0.3 is 9.32 Å². The third-order valence-electron chi connectivity index (χ3n) is 3.81. The molecule has 0 saturated carbocycles. The smallest absolute Gasteiger partial charge is 0.245 e. The number of hydrogen-bond acceptors (Lipinski definition) is 5. The Morgan fingerprint density at radius 2 is 2.05 bits per heavy atom. The van der Waals surface area contributed by atoms with Gasteiger partial charge in [0, 0.05) is 24.9 Å². The molecule has 0 saturated heterocycles. The van der Waals surface area contributed by atoms with Gasteiger partial charge in [0.15, 0.2) is 0 Å². The number of hydrogen-bond donors (Lipinski definition) is 0. The molecule has 4 rings (SSSR count). The highest BCUT2D eigenvalue weighted by Gasteiger charge is 2.23. The van der Waals surface area contributed by atoms with Crippen LogP contribution in [0.4, 0.5) is 5.82 Å². The molecule has 0 fully saturated rings. The number of aryl methyl sites for hydroxylation is 1. The summed E-state index contributed by atoms with van der Waals surface area (Å²) in [5.74, 6) is 2.50. The third kappa shape index (κ3) is 2.35. The summed E-state index contributed by atoms with van der Waals surface area (Å²) in [6, 6.07) is 11.8. The summed E-state index contributed by atoms with van der Waals surface area (Å²) in [6.07, 6.45) is 2.61. The van der Waals surface area contributed by atoms with E-state index in [0.717, 1.165) is 41.6 Å². The molecule has 0 unspecified atom stereocenters. The molecule has 0 aromatic carbocycles. The van der Waals surface area contributed by atoms with Crippen LogP contribution < -0.4 is 4.90 Å². The van der Waals surface area contributed by atoms with E-state index < -0.39 is 0 Å². The molecule has 5 nitrogen and oxygen atoms in total. The Labute approximate surface area is 128 Å². The molecular formula is C17H16N4O. The largest absolute Gasteiger partial charge is 0.438 e. The Kier molecular flexibility index (Phi) is 3.11. The summed E-state index contributed by atoms with van der Waals surface area (Å²) in [5, 5.41) is 0. The van der Waals surface area contributed by atoms with Crippen molar-refractivity contribution in [2.24, 2.45) is 0 Å². The Hall–Kier alpha value is -2.69. The fourth-order valence-corrected chi connectivity index (χ4v) is 2.69. The molecule has 1 aliphatic rings. The van der Waals surface area contributed by atoms with Crippen molar-refractivity contribution in [1.29, 1.82) is 0 Å². The van der Waals surface area contributed by atoms with E-state index in [4.69, 9.17) is 4.42 Å². The van der Waals surface area contributed by atoms with E-state index in [9.17, 15) is 0 Å². The summed E-state index contributed by atoms with van der Waals surface area (Å²) in [6.45, 7) is 3.61. The lowest BCUT2D eigenvalue weighted by atomic mass is 10.1. The minimum atomic E-state index is 0.602. The average molecular weight is 292 g/mol. The highest BCUT2D eigenvalue weighted by molar-refractivity contribution is 5.49. The van der Waals surface area contributed by atoms with Gasteiger partial charge in [0.05, 0.1) is 12.2 Å². The molecule has 22 heavy (non-hydrogen) atoms. The molecule has 1 aliphatic heterocycles. The molecule has 3 aromatic heterocycles. The van der Waals surface area contributed by atoms with Gasteiger partial charge in [-0.25, -0.2) is 9.97 Å². The van der Waals surface area contributed by atoms with Crippen LogP contribution in [0.25, 0.3) is 11.6 Å². The maximum atomic E-state index is 5.93. The Morgan fingerprint density at radius 1 is 1.09 bits per heavy atom. The Morgan fingerprint density at radius 3 is 2.86 bits per heavy atom. The van der Waals surface area contributed by atoms with Crippen molar-refractivity contribution in [3.63, 3.8) is 0 Å². The second kappa shape index (κ2) is 5.26. The molecule has 3 aromatic rings. The highest BCUT2D eigenvalue weighted by atomic mass is 16.4. The summed E-state index contributed by atoms with van der Waals surface area (Å²) in [4.78, 5) is 15.7. The van der Waals surface area contributed by atoms with Crippen LogP contribution in [0.3, 0.4) is 0 Å². The van der Waals surface area contributed by atoms with Gasteiger partial charge in [0.25, 0.3) is 0 Å². The number of rotatable bonds is 2. The fourth-order valence-electron chi connectivity index (χ4n) is 2.69. The number of aromatic nitrogens is 3. The number of fused-ring (bicyclic) bond motifs is 1. The van der Waals surface area contributed by atoms with E-state index >= 15 is 0 Å². The van der Waals surface area contributed by atoms with Crippen LogP contribution in [-0.4, -0.2) is 21.5 Å². The van der Waals surface area contributed by atoms with Crippen LogP contribution in [0, 0.1) is 6.92 Å². The lowest BCUT2D eigenvalue weighted by Crippen LogP contribution is -2.30. The van der Waals surface area contributed by atoms with Crippen molar-refractivity contribution in [2.75, 3.05) is 11.4 Å². The van der Waals surface area contributed by atoms with Crippen molar-refractivity contribution in [2.45, 2.75) is 19.9 Å². The molecular weight excluding hydrogens is 276 g/mol. The fraction of sp³-hybridized carbons (Fsp3) is 0.235. The van der Waals surface area contributed by atoms with E-state index in [1.807, 2.05) is 43.3 Å². The van der Waals surface area contributed by atoms with Crippen LogP contribution in [-0.2, 0) is 13.0 Å². The summed E-state index contributed by atoms with van der Waals surface area (Å²) in [5.41, 5.74) is 2.83. The molecule has 110 valence electrons. The number of nitrogens with zero attached hydrogens (tertiary/aromatic N) is 4. The van der Waals surface area contributed by atoms with Crippen molar-refractivity contribution in [3.8, 4) is 11.6 Å². The zero-order chi connectivity index (χ0) is 14.9. The molecule has 4 heterocycles. The van der Waals surface area contributed by atoms with E-state index in [0.29, 0.717) is 12.4 Å². The van der Waals surface area contributed by atoms with Gasteiger partial charge in [0.1, 0.15) is 17.3 Å². The number of anilines is 1. The van der Waals surface area contributed by atoms with Crippen LogP contribution in [0.1, 0.15) is 17.1 Å². The molecule has 0 N–H and O–H groups in total. The standard InChI is InChI=1S/C17H16N4O/c1-12-5-4-7-16(19-12)21-10-8-13-15(11-21)22-17(20-13)14-6-2-3-9-18-14/h2-7,9H,8,10-11H2,1H3. The van der Waals surface area contributed by atoms with E-state index in [1.54, 1.807) is 6.20 Å². The van der Waals surface area contributed by atoms with Gasteiger partial charge in [-0.1, -0.05) is 12.1 Å². The Bertz CT molecular complexity index is 797. The van der Waals surface area contributed by atoms with Crippen LogP contribution in [0.15, 0.2) is 47.0 Å². The minimum absolute atomic E-state index is 0.602. The van der Waals surface area contributed by atoms with Crippen molar-refractivity contribution >= 4 is 5.82 Å². The molecule has 0 radical (unpaired) electrons. The zero-order valence-corrected chi connectivity index (χ0v) is 12.4. The van der Waals surface area contributed by atoms with Gasteiger partial charge in [0.2, 0.25) is 5.89 Å². The summed E-state index contributed by atoms with van der Waals surface area (Å²) < 4.78 is 5.93. The average Bonchev–Trinajstić information content (AvgIpc) is 2.99. The lowest BCUT2D eigenvalue weighted by molar-refractivity contribution is 0.493. The zero-order valence-electron chi connectivity index (χ0n) is 12.4. The normalized spacial score (nSPS) is 14.0. The molecule has 0 amide bonds. The maximum Gasteiger partial charge on any atom is 0.245 e. The number of oxazole rings is 1. The van der Waals surface area contributed by atoms with Gasteiger partial charge in [-0.05, 0) is 31.2 Å². The lowest BCUT2D eigenvalue weighted by Gasteiger charge is -2.26. The molecule has 5 heteroatoms. The molecule has 0 bridgehead atoms. The van der Waals surface area contributed by atoms with Crippen molar-refractivity contribution in [3.05, 3.63) is 59.7 Å². The SMILES string of the molecule is Cc1cccc(N2CCc3nc(-c4ccccn4)oc3C2)n1. The monoisotopic (exact) mass is 292 g/mol. The predicted octanol–water partition coefficient (Wildman–Crippen LogP) is 3.00. The predicted molar refractivity (Wildman–Crippen MR) is 83.5 cm³/mol. The quantitative estimate of drug-likeness (QED) is 0.726. The van der Waals surface area contributed by atoms with Gasteiger partial charge in [-0.2, -0.15) is 0 Å². The first-order valence-corrected chi connectivity index (χ1v) is 7.38. The van der Waals surface area contributed by atoms with Gasteiger partial charge in [-0.15, -0.1) is 0 Å². The van der Waals surface area contributed by atoms with Crippen LogP contribution >= 0.6 is 0 Å². The van der Waals surface area contributed by atoms with Crippen molar-refractivity contribution in [1.82, 2.24) is 15.0 Å². The summed E-state index contributed by atoms with van der Waals surface area (Å²) >= 11 is 0. The Balaban J connectivity index is 1.63. The second-order valence-corrected chi connectivity index (χ2v) is 5.41. The van der Waals surface area contributed by atoms with Gasteiger partial charge in [-0.3, -0.25) is 4.98 Å². The van der Waals surface area contributed by atoms with E-state index in [1.165, 1.54) is 0 Å². The van der Waals surface area contributed by atoms with E-state index in [-0.39, 0.29) is 0 Å². The first kappa shape index (κ1) is 13.0. The molecule has 0 spiro atoms. The number of pyridine rings is 2. The first-order chi connectivity index (χ1) is 10.8. The maximum absolute atomic E-state index is 5.93. The summed E-state index contributed by atoms with van der Waals surface area (Å²) in [7, 11) is 0. The third-order valence-corrected chi connectivity index (χ3v) is 3.81. The van der Waals surface area contributed by atoms with E-state index in [2.05, 4.69) is 19.9 Å². The second-order valence-electron chi connectivity index (χ2n) is 5.41. The highest BCUT2D eigenvalue weighted by Crippen LogP contribution is 2.27. The van der Waals surface area contributed by atoms with Crippen LogP contribution in [0.5, 0.6) is 0 Å².